The Kier molecular flexibility index (Phi) is 2.50. The number of hydrogen-bond donors (Lipinski definition) is 0. The fourth-order valence-electron chi connectivity index (χ4n) is 1.52. The highest BCUT2D eigenvalue weighted by atomic mass is 16.5. The molecule has 0 aromatic heterocycles. The van der Waals surface area contributed by atoms with Crippen LogP contribution in [0.1, 0.15) is 12.0 Å². The van der Waals surface area contributed by atoms with Crippen LogP contribution in [-0.4, -0.2) is 20.3 Å². The molecule has 1 radical (unpaired) electrons. The first kappa shape index (κ1) is 8.57. The number of rotatable bonds is 2. The normalized spacial score (nSPS) is 17.6. The van der Waals surface area contributed by atoms with Crippen molar-refractivity contribution in [2.75, 3.05) is 20.3 Å². The van der Waals surface area contributed by atoms with E-state index in [1.54, 1.807) is 7.11 Å². The Bertz CT molecular complexity index is 260. The molecule has 2 heteroatoms. The second-order valence-electron chi connectivity index (χ2n) is 3.13. The second kappa shape index (κ2) is 3.79. The quantitative estimate of drug-likeness (QED) is 0.688. The Balaban J connectivity index is 2.12. The van der Waals surface area contributed by atoms with Crippen LogP contribution in [0.15, 0.2) is 24.3 Å². The molecule has 1 saturated heterocycles. The van der Waals surface area contributed by atoms with Crippen molar-refractivity contribution >= 4 is 0 Å². The molecule has 0 amide bonds. The van der Waals surface area contributed by atoms with E-state index < -0.39 is 0 Å². The molecule has 0 bridgehead atoms. The second-order valence-corrected chi connectivity index (χ2v) is 3.13. The van der Waals surface area contributed by atoms with E-state index in [0.717, 1.165) is 25.4 Å². The largest absolute Gasteiger partial charge is 0.497 e. The van der Waals surface area contributed by atoms with Crippen LogP contribution in [0.2, 0.25) is 0 Å². The summed E-state index contributed by atoms with van der Waals surface area (Å²) < 4.78 is 10.4. The first-order valence-electron chi connectivity index (χ1n) is 4.47. The molecular formula is C11H13O2. The van der Waals surface area contributed by atoms with Crippen LogP contribution in [0.3, 0.4) is 0 Å². The summed E-state index contributed by atoms with van der Waals surface area (Å²) in [6.07, 6.45) is 1.06. The molecule has 0 N–H and O–H groups in total. The number of ether oxygens (including phenoxy) is 2. The highest BCUT2D eigenvalue weighted by molar-refractivity contribution is 5.36. The molecule has 0 unspecified atom stereocenters. The fraction of sp³-hybridized carbons (Fsp3) is 0.364. The fourth-order valence-corrected chi connectivity index (χ4v) is 1.52. The lowest BCUT2D eigenvalue weighted by molar-refractivity contribution is 0.202. The molecule has 1 aliphatic rings. The van der Waals surface area contributed by atoms with Crippen LogP contribution in [-0.2, 0) is 4.74 Å². The predicted molar refractivity (Wildman–Crippen MR) is 50.8 cm³/mol. The molecule has 0 aliphatic carbocycles. The lowest BCUT2D eigenvalue weighted by Gasteiger charge is -2.07. The van der Waals surface area contributed by atoms with E-state index in [1.165, 1.54) is 11.5 Å². The molecule has 2 rings (SSSR count). The van der Waals surface area contributed by atoms with Crippen molar-refractivity contribution in [1.82, 2.24) is 0 Å². The van der Waals surface area contributed by atoms with Gasteiger partial charge >= 0.3 is 0 Å². The summed E-state index contributed by atoms with van der Waals surface area (Å²) in [5, 5.41) is 0. The molecule has 0 spiro atoms. The van der Waals surface area contributed by atoms with Gasteiger partial charge in [-0.3, -0.25) is 0 Å². The van der Waals surface area contributed by atoms with Gasteiger partial charge in [-0.25, -0.2) is 0 Å². The Morgan fingerprint density at radius 2 is 2.00 bits per heavy atom. The van der Waals surface area contributed by atoms with E-state index in [9.17, 15) is 0 Å². The van der Waals surface area contributed by atoms with Gasteiger partial charge in [0.1, 0.15) is 5.75 Å². The predicted octanol–water partition coefficient (Wildman–Crippen LogP) is 2.04. The van der Waals surface area contributed by atoms with Crippen molar-refractivity contribution in [3.05, 3.63) is 35.7 Å². The highest BCUT2D eigenvalue weighted by Gasteiger charge is 2.17. The summed E-state index contributed by atoms with van der Waals surface area (Å²) in [6, 6.07) is 8.15. The summed E-state index contributed by atoms with van der Waals surface area (Å²) in [5.74, 6) is 2.30. The Labute approximate surface area is 78.5 Å². The van der Waals surface area contributed by atoms with Crippen LogP contribution in [0.5, 0.6) is 5.75 Å². The minimum Gasteiger partial charge on any atom is -0.497 e. The van der Waals surface area contributed by atoms with Gasteiger partial charge in [-0.15, -0.1) is 0 Å². The molecule has 1 heterocycles. The number of methoxy groups -OCH3 is 1. The standard InChI is InChI=1S/C11H13O2/c1-12-11-4-2-9(3-5-11)10-6-7-13-8-10/h2-5H,6-8H2,1H3. The van der Waals surface area contributed by atoms with E-state index in [0.29, 0.717) is 0 Å². The van der Waals surface area contributed by atoms with E-state index >= 15 is 0 Å². The maximum Gasteiger partial charge on any atom is 0.118 e. The van der Waals surface area contributed by atoms with E-state index in [-0.39, 0.29) is 0 Å². The molecule has 1 aliphatic heterocycles. The van der Waals surface area contributed by atoms with E-state index in [4.69, 9.17) is 9.47 Å². The Morgan fingerprint density at radius 3 is 2.54 bits per heavy atom. The Hall–Kier alpha value is -1.02. The van der Waals surface area contributed by atoms with Crippen molar-refractivity contribution < 1.29 is 9.47 Å². The molecule has 0 atom stereocenters. The summed E-state index contributed by atoms with van der Waals surface area (Å²) in [6.45, 7) is 1.65. The van der Waals surface area contributed by atoms with Gasteiger partial charge in [0.2, 0.25) is 0 Å². The van der Waals surface area contributed by atoms with Crippen molar-refractivity contribution in [2.24, 2.45) is 0 Å². The molecular weight excluding hydrogens is 164 g/mol. The van der Waals surface area contributed by atoms with Crippen molar-refractivity contribution in [3.8, 4) is 5.75 Å². The zero-order chi connectivity index (χ0) is 9.10. The van der Waals surface area contributed by atoms with Gasteiger partial charge in [0, 0.05) is 12.5 Å². The zero-order valence-electron chi connectivity index (χ0n) is 7.75. The molecule has 13 heavy (non-hydrogen) atoms. The maximum absolute atomic E-state index is 5.30. The third kappa shape index (κ3) is 1.83. The van der Waals surface area contributed by atoms with Crippen LogP contribution in [0.25, 0.3) is 0 Å². The van der Waals surface area contributed by atoms with E-state index in [2.05, 4.69) is 12.1 Å². The smallest absolute Gasteiger partial charge is 0.118 e. The molecule has 69 valence electrons. The zero-order valence-corrected chi connectivity index (χ0v) is 7.75. The third-order valence-corrected chi connectivity index (χ3v) is 2.32. The molecule has 1 aromatic rings. The topological polar surface area (TPSA) is 18.5 Å². The third-order valence-electron chi connectivity index (χ3n) is 2.32. The lowest BCUT2D eigenvalue weighted by atomic mass is 9.99. The van der Waals surface area contributed by atoms with Gasteiger partial charge in [-0.2, -0.15) is 0 Å². The van der Waals surface area contributed by atoms with Crippen LogP contribution < -0.4 is 4.74 Å². The van der Waals surface area contributed by atoms with Crippen molar-refractivity contribution in [2.45, 2.75) is 6.42 Å². The summed E-state index contributed by atoms with van der Waals surface area (Å²) in [7, 11) is 1.68. The average Bonchev–Trinajstić information content (AvgIpc) is 2.71. The number of benzene rings is 1. The van der Waals surface area contributed by atoms with Crippen LogP contribution >= 0.6 is 0 Å². The van der Waals surface area contributed by atoms with E-state index in [1.807, 2.05) is 12.1 Å². The first-order valence-corrected chi connectivity index (χ1v) is 4.47. The molecule has 1 aromatic carbocycles. The molecule has 0 saturated carbocycles. The summed E-state index contributed by atoms with van der Waals surface area (Å²) >= 11 is 0. The SMILES string of the molecule is COc1ccc([C]2CCOC2)cc1. The van der Waals surface area contributed by atoms with Crippen LogP contribution in [0.4, 0.5) is 0 Å². The average molecular weight is 177 g/mol. The van der Waals surface area contributed by atoms with Gasteiger partial charge in [0.25, 0.3) is 0 Å². The first-order chi connectivity index (χ1) is 6.40. The van der Waals surface area contributed by atoms with Gasteiger partial charge in [-0.05, 0) is 24.1 Å². The highest BCUT2D eigenvalue weighted by Crippen LogP contribution is 2.25. The van der Waals surface area contributed by atoms with Crippen LogP contribution in [0, 0.1) is 5.92 Å². The summed E-state index contributed by atoms with van der Waals surface area (Å²) in [4.78, 5) is 0. The minimum atomic E-state index is 0.784. The number of hydrogen-bond acceptors (Lipinski definition) is 2. The van der Waals surface area contributed by atoms with Gasteiger partial charge in [0.05, 0.1) is 13.7 Å². The van der Waals surface area contributed by atoms with Gasteiger partial charge in [0.15, 0.2) is 0 Å². The molecule has 1 fully saturated rings. The van der Waals surface area contributed by atoms with Gasteiger partial charge < -0.3 is 9.47 Å². The lowest BCUT2D eigenvalue weighted by Crippen LogP contribution is -1.98. The molecule has 2 nitrogen and oxygen atoms in total. The maximum atomic E-state index is 5.30. The monoisotopic (exact) mass is 177 g/mol. The Morgan fingerprint density at radius 1 is 1.23 bits per heavy atom. The van der Waals surface area contributed by atoms with Gasteiger partial charge in [-0.1, -0.05) is 12.1 Å². The summed E-state index contributed by atoms with van der Waals surface area (Å²) in [5.41, 5.74) is 1.28. The van der Waals surface area contributed by atoms with Crippen molar-refractivity contribution in [3.63, 3.8) is 0 Å². The van der Waals surface area contributed by atoms with Crippen molar-refractivity contribution in [1.29, 1.82) is 0 Å². The minimum absolute atomic E-state index is 0.784.